The molecule has 0 radical (unpaired) electrons. The number of fused-ring (bicyclic) bond motifs is 2. The molecule has 1 fully saturated rings. The molecule has 0 atom stereocenters. The average molecular weight is 349 g/mol. The van der Waals surface area contributed by atoms with Crippen LogP contribution in [0.2, 0.25) is 0 Å². The Labute approximate surface area is 148 Å². The van der Waals surface area contributed by atoms with Crippen LogP contribution in [0.15, 0.2) is 30.9 Å². The molecule has 0 saturated heterocycles. The van der Waals surface area contributed by atoms with E-state index in [0.29, 0.717) is 45.5 Å². The molecule has 6 nitrogen and oxygen atoms in total. The average Bonchev–Trinajstić information content (AvgIpc) is 2.91. The first kappa shape index (κ1) is 15.2. The monoisotopic (exact) mass is 349 g/mol. The number of benzene rings is 1. The topological polar surface area (TPSA) is 85.0 Å². The van der Waals surface area contributed by atoms with E-state index < -0.39 is 5.82 Å². The number of amides is 1. The molecule has 1 amide bonds. The number of pyridine rings is 1. The number of nitrogen functional groups attached to an aromatic ring is 1. The van der Waals surface area contributed by atoms with Crippen LogP contribution in [0.25, 0.3) is 22.0 Å². The Morgan fingerprint density at radius 3 is 2.62 bits per heavy atom. The van der Waals surface area contributed by atoms with Crippen molar-refractivity contribution in [3.8, 4) is 11.1 Å². The standard InChI is InChI=1S/C19H16FN5O/c20-13-5-4-12-17(21)16-14(8-25(19(16)26)11-2-1-3-11)24-18(12)15(13)10-6-22-9-23-7-10/h4-7,9,11H,1-3,8H2,(H2,21,24). The summed E-state index contributed by atoms with van der Waals surface area (Å²) < 4.78 is 14.6. The van der Waals surface area contributed by atoms with Gasteiger partial charge in [0.1, 0.15) is 12.1 Å². The van der Waals surface area contributed by atoms with Crippen molar-refractivity contribution in [1.82, 2.24) is 19.9 Å². The van der Waals surface area contributed by atoms with Crippen LogP contribution in [0.5, 0.6) is 0 Å². The van der Waals surface area contributed by atoms with Gasteiger partial charge in [-0.1, -0.05) is 0 Å². The molecule has 3 aromatic rings. The van der Waals surface area contributed by atoms with Crippen LogP contribution in [0.1, 0.15) is 35.3 Å². The van der Waals surface area contributed by atoms with E-state index in [9.17, 15) is 9.18 Å². The highest BCUT2D eigenvalue weighted by atomic mass is 19.1. The second-order valence-corrected chi connectivity index (χ2v) is 6.81. The summed E-state index contributed by atoms with van der Waals surface area (Å²) in [5.74, 6) is -0.482. The van der Waals surface area contributed by atoms with Gasteiger partial charge in [-0.15, -0.1) is 0 Å². The van der Waals surface area contributed by atoms with Crippen LogP contribution in [0, 0.1) is 5.82 Å². The summed E-state index contributed by atoms with van der Waals surface area (Å²) >= 11 is 0. The minimum absolute atomic E-state index is 0.0643. The Bertz CT molecular complexity index is 1050. The van der Waals surface area contributed by atoms with Gasteiger partial charge in [0.2, 0.25) is 0 Å². The molecule has 1 aliphatic carbocycles. The van der Waals surface area contributed by atoms with Crippen LogP contribution in [0.4, 0.5) is 10.1 Å². The molecule has 0 unspecified atom stereocenters. The van der Waals surface area contributed by atoms with Gasteiger partial charge in [0.05, 0.1) is 29.0 Å². The maximum Gasteiger partial charge on any atom is 0.258 e. The summed E-state index contributed by atoms with van der Waals surface area (Å²) in [6, 6.07) is 3.19. The van der Waals surface area contributed by atoms with Gasteiger partial charge in [0.25, 0.3) is 5.91 Å². The van der Waals surface area contributed by atoms with Gasteiger partial charge in [-0.25, -0.2) is 19.3 Å². The minimum atomic E-state index is -0.417. The lowest BCUT2D eigenvalue weighted by Gasteiger charge is -2.34. The molecule has 2 aliphatic rings. The van der Waals surface area contributed by atoms with Gasteiger partial charge < -0.3 is 10.6 Å². The fourth-order valence-corrected chi connectivity index (χ4v) is 3.81. The van der Waals surface area contributed by atoms with Crippen molar-refractivity contribution >= 4 is 22.5 Å². The SMILES string of the molecule is Nc1c2c(nc3c(-c4cncnc4)c(F)ccc13)CN(C1CCC1)C2=O. The van der Waals surface area contributed by atoms with E-state index in [1.54, 1.807) is 18.5 Å². The number of aromatic nitrogens is 3. The summed E-state index contributed by atoms with van der Waals surface area (Å²) in [4.78, 5) is 27.3. The molecule has 1 aliphatic heterocycles. The Morgan fingerprint density at radius 2 is 1.92 bits per heavy atom. The van der Waals surface area contributed by atoms with Gasteiger partial charge in [-0.2, -0.15) is 0 Å². The first-order chi connectivity index (χ1) is 12.6. The first-order valence-corrected chi connectivity index (χ1v) is 8.62. The largest absolute Gasteiger partial charge is 0.397 e. The van der Waals surface area contributed by atoms with Crippen LogP contribution in [0.3, 0.4) is 0 Å². The first-order valence-electron chi connectivity index (χ1n) is 8.62. The van der Waals surface area contributed by atoms with Crippen molar-refractivity contribution in [1.29, 1.82) is 0 Å². The summed E-state index contributed by atoms with van der Waals surface area (Å²) in [5, 5.41) is 0.577. The highest BCUT2D eigenvalue weighted by Gasteiger charge is 2.38. The van der Waals surface area contributed by atoms with E-state index in [4.69, 9.17) is 5.73 Å². The van der Waals surface area contributed by atoms with Crippen molar-refractivity contribution < 1.29 is 9.18 Å². The Morgan fingerprint density at radius 1 is 1.15 bits per heavy atom. The normalized spacial score (nSPS) is 16.8. The molecule has 26 heavy (non-hydrogen) atoms. The number of halogens is 1. The van der Waals surface area contributed by atoms with Gasteiger partial charge in [-0.05, 0) is 31.4 Å². The maximum absolute atomic E-state index is 14.6. The smallest absolute Gasteiger partial charge is 0.258 e. The van der Waals surface area contributed by atoms with E-state index in [1.165, 1.54) is 12.4 Å². The van der Waals surface area contributed by atoms with Crippen LogP contribution < -0.4 is 5.73 Å². The van der Waals surface area contributed by atoms with Crippen LogP contribution >= 0.6 is 0 Å². The molecule has 130 valence electrons. The van der Waals surface area contributed by atoms with E-state index in [-0.39, 0.29) is 11.9 Å². The Kier molecular flexibility index (Phi) is 3.19. The molecule has 1 aromatic carbocycles. The number of rotatable bonds is 2. The zero-order chi connectivity index (χ0) is 17.8. The molecular formula is C19H16FN5O. The van der Waals surface area contributed by atoms with Crippen molar-refractivity contribution in [3.05, 3.63) is 47.9 Å². The molecule has 2 aromatic heterocycles. The second kappa shape index (κ2) is 5.45. The molecule has 7 heteroatoms. The molecule has 1 saturated carbocycles. The van der Waals surface area contributed by atoms with E-state index >= 15 is 0 Å². The lowest BCUT2D eigenvalue weighted by Crippen LogP contribution is -2.40. The van der Waals surface area contributed by atoms with E-state index in [1.807, 2.05) is 4.90 Å². The second-order valence-electron chi connectivity index (χ2n) is 6.81. The van der Waals surface area contributed by atoms with Crippen molar-refractivity contribution in [2.24, 2.45) is 0 Å². The number of anilines is 1. The molecular weight excluding hydrogens is 333 g/mol. The third kappa shape index (κ3) is 2.03. The lowest BCUT2D eigenvalue weighted by atomic mass is 9.92. The van der Waals surface area contributed by atoms with Crippen molar-refractivity contribution in [2.75, 3.05) is 5.73 Å². The number of hydrogen-bond acceptors (Lipinski definition) is 5. The molecule has 5 rings (SSSR count). The van der Waals surface area contributed by atoms with Gasteiger partial charge in [-0.3, -0.25) is 4.79 Å². The quantitative estimate of drug-likeness (QED) is 0.769. The van der Waals surface area contributed by atoms with Gasteiger partial charge in [0.15, 0.2) is 0 Å². The van der Waals surface area contributed by atoms with Gasteiger partial charge in [0, 0.05) is 34.9 Å². The summed E-state index contributed by atoms with van der Waals surface area (Å²) in [6.45, 7) is 0.431. The summed E-state index contributed by atoms with van der Waals surface area (Å²) in [5.41, 5.74) is 9.08. The predicted octanol–water partition coefficient (Wildman–Crippen LogP) is 2.92. The molecule has 0 spiro atoms. The molecule has 2 N–H and O–H groups in total. The Balaban J connectivity index is 1.74. The highest BCUT2D eigenvalue weighted by Crippen LogP contribution is 2.39. The fourth-order valence-electron chi connectivity index (χ4n) is 3.81. The summed E-state index contributed by atoms with van der Waals surface area (Å²) in [6.07, 6.45) is 7.64. The third-order valence-corrected chi connectivity index (χ3v) is 5.38. The number of nitrogens with zero attached hydrogens (tertiary/aromatic N) is 4. The molecule has 0 bridgehead atoms. The zero-order valence-corrected chi connectivity index (χ0v) is 13.9. The number of carbonyl (C=O) groups is 1. The van der Waals surface area contributed by atoms with Gasteiger partial charge >= 0.3 is 0 Å². The predicted molar refractivity (Wildman–Crippen MR) is 94.7 cm³/mol. The zero-order valence-electron chi connectivity index (χ0n) is 13.9. The maximum atomic E-state index is 14.6. The lowest BCUT2D eigenvalue weighted by molar-refractivity contribution is 0.0606. The Hall–Kier alpha value is -3.09. The van der Waals surface area contributed by atoms with Crippen molar-refractivity contribution in [2.45, 2.75) is 31.8 Å². The fraction of sp³-hybridized carbons (Fsp3) is 0.263. The highest BCUT2D eigenvalue weighted by molar-refractivity contribution is 6.11. The summed E-state index contributed by atoms with van der Waals surface area (Å²) in [7, 11) is 0. The van der Waals surface area contributed by atoms with E-state index in [0.717, 1.165) is 19.3 Å². The number of nitrogens with two attached hydrogens (primary N) is 1. The van der Waals surface area contributed by atoms with Crippen LogP contribution in [-0.2, 0) is 6.54 Å². The van der Waals surface area contributed by atoms with Crippen molar-refractivity contribution in [3.63, 3.8) is 0 Å². The number of hydrogen-bond donors (Lipinski definition) is 1. The van der Waals surface area contributed by atoms with E-state index in [2.05, 4.69) is 15.0 Å². The minimum Gasteiger partial charge on any atom is -0.397 e. The number of carbonyl (C=O) groups excluding carboxylic acids is 1. The van der Waals surface area contributed by atoms with Crippen LogP contribution in [-0.4, -0.2) is 31.8 Å². The third-order valence-electron chi connectivity index (χ3n) is 5.38. The molecule has 3 heterocycles.